The number of aliphatic imine (C=N–C) groups is 1. The number of nitro groups is 1. The first-order valence-electron chi connectivity index (χ1n) is 10.6. The van der Waals surface area contributed by atoms with Gasteiger partial charge in [-0.15, -0.1) is 0 Å². The molecule has 9 nitrogen and oxygen atoms in total. The van der Waals surface area contributed by atoms with Gasteiger partial charge in [0.25, 0.3) is 5.69 Å². The summed E-state index contributed by atoms with van der Waals surface area (Å²) in [7, 11) is 0. The molecule has 0 aromatic heterocycles. The molecule has 12 heteroatoms. The molecule has 0 saturated heterocycles. The number of ether oxygens (including phenoxy) is 3. The zero-order chi connectivity index (χ0) is 26.7. The zero-order valence-electron chi connectivity index (χ0n) is 18.9. The van der Waals surface area contributed by atoms with Gasteiger partial charge in [-0.25, -0.2) is 14.6 Å². The van der Waals surface area contributed by atoms with Crippen molar-refractivity contribution in [2.75, 3.05) is 6.61 Å². The SMILES string of the molecule is CCOc1cc(/C=C2\N=C(c3ccc(Cl)c([N+](=O)[O-])c3)OC2=O)cc(Br)c1OC(=O)c1ccccc1Cl. The lowest BCUT2D eigenvalue weighted by Crippen LogP contribution is -2.11. The average molecular weight is 606 g/mol. The summed E-state index contributed by atoms with van der Waals surface area (Å²) in [6.07, 6.45) is 1.44. The summed E-state index contributed by atoms with van der Waals surface area (Å²) in [6.45, 7) is 2.03. The maximum Gasteiger partial charge on any atom is 0.363 e. The number of nitro benzene ring substituents is 1. The Morgan fingerprint density at radius 2 is 1.92 bits per heavy atom. The number of halogens is 3. The molecule has 37 heavy (non-hydrogen) atoms. The molecule has 188 valence electrons. The maximum absolute atomic E-state index is 12.7. The van der Waals surface area contributed by atoms with Crippen LogP contribution in [0.15, 0.2) is 69.8 Å². The lowest BCUT2D eigenvalue weighted by atomic mass is 10.1. The summed E-state index contributed by atoms with van der Waals surface area (Å²) in [4.78, 5) is 39.8. The molecule has 0 bridgehead atoms. The predicted octanol–water partition coefficient (Wildman–Crippen LogP) is 6.63. The van der Waals surface area contributed by atoms with E-state index in [2.05, 4.69) is 20.9 Å². The number of benzene rings is 3. The second kappa shape index (κ2) is 11.1. The van der Waals surface area contributed by atoms with Gasteiger partial charge in [-0.2, -0.15) is 0 Å². The molecular formula is C25H15BrCl2N2O7. The third-order valence-corrected chi connectivity index (χ3v) is 6.17. The van der Waals surface area contributed by atoms with Gasteiger partial charge in [0, 0.05) is 11.6 Å². The Hall–Kier alpha value is -3.73. The average Bonchev–Trinajstić information content (AvgIpc) is 3.21. The summed E-state index contributed by atoms with van der Waals surface area (Å²) >= 11 is 15.3. The highest BCUT2D eigenvalue weighted by atomic mass is 79.9. The van der Waals surface area contributed by atoms with Crippen LogP contribution in [0.2, 0.25) is 10.0 Å². The van der Waals surface area contributed by atoms with Crippen LogP contribution in [0.25, 0.3) is 6.08 Å². The van der Waals surface area contributed by atoms with Crippen LogP contribution in [0.5, 0.6) is 11.5 Å². The molecule has 1 heterocycles. The molecule has 4 rings (SSSR count). The third kappa shape index (κ3) is 5.82. The van der Waals surface area contributed by atoms with Crippen molar-refractivity contribution in [3.63, 3.8) is 0 Å². The van der Waals surface area contributed by atoms with Crippen LogP contribution < -0.4 is 9.47 Å². The number of hydrogen-bond acceptors (Lipinski definition) is 8. The Bertz CT molecular complexity index is 1500. The molecule has 0 amide bonds. The zero-order valence-corrected chi connectivity index (χ0v) is 22.0. The molecular weight excluding hydrogens is 591 g/mol. The van der Waals surface area contributed by atoms with Crippen molar-refractivity contribution in [3.05, 3.63) is 102 Å². The highest BCUT2D eigenvalue weighted by Crippen LogP contribution is 2.39. The molecule has 0 atom stereocenters. The van der Waals surface area contributed by atoms with Crippen molar-refractivity contribution in [2.24, 2.45) is 4.99 Å². The van der Waals surface area contributed by atoms with Crippen molar-refractivity contribution in [2.45, 2.75) is 6.92 Å². The standard InChI is InChI=1S/C25H15BrCl2N2O7/c1-2-35-21-11-13(9-16(26)22(21)36-24(31)15-5-3-4-6-17(15)27)10-19-25(32)37-23(29-19)14-7-8-18(28)20(12-14)30(33)34/h3-12H,2H2,1H3/b19-10-. The fraction of sp³-hybridized carbons (Fsp3) is 0.0800. The lowest BCUT2D eigenvalue weighted by molar-refractivity contribution is -0.384. The Morgan fingerprint density at radius 3 is 2.62 bits per heavy atom. The molecule has 0 spiro atoms. The summed E-state index contributed by atoms with van der Waals surface area (Å²) in [5.74, 6) is -1.18. The number of esters is 2. The third-order valence-electron chi connectivity index (χ3n) is 4.93. The van der Waals surface area contributed by atoms with E-state index in [0.29, 0.717) is 10.0 Å². The lowest BCUT2D eigenvalue weighted by Gasteiger charge is -2.14. The van der Waals surface area contributed by atoms with Gasteiger partial charge in [-0.3, -0.25) is 10.1 Å². The van der Waals surface area contributed by atoms with Gasteiger partial charge >= 0.3 is 11.9 Å². The van der Waals surface area contributed by atoms with E-state index >= 15 is 0 Å². The molecule has 0 aliphatic carbocycles. The van der Waals surface area contributed by atoms with Crippen LogP contribution in [-0.2, 0) is 9.53 Å². The number of rotatable bonds is 7. The molecule has 0 saturated carbocycles. The van der Waals surface area contributed by atoms with Crippen LogP contribution in [0.1, 0.15) is 28.4 Å². The van der Waals surface area contributed by atoms with E-state index in [1.165, 1.54) is 30.3 Å². The van der Waals surface area contributed by atoms with Crippen LogP contribution in [0, 0.1) is 10.1 Å². The minimum atomic E-state index is -0.754. The van der Waals surface area contributed by atoms with Gasteiger partial charge < -0.3 is 14.2 Å². The van der Waals surface area contributed by atoms with Gasteiger partial charge in [0.15, 0.2) is 17.2 Å². The molecule has 1 aliphatic heterocycles. The van der Waals surface area contributed by atoms with E-state index < -0.39 is 16.9 Å². The van der Waals surface area contributed by atoms with Crippen molar-refractivity contribution in [1.29, 1.82) is 0 Å². The molecule has 3 aromatic carbocycles. The Labute approximate surface area is 228 Å². The van der Waals surface area contributed by atoms with Gasteiger partial charge in [-0.05, 0) is 70.9 Å². The molecule has 0 N–H and O–H groups in total. The Morgan fingerprint density at radius 1 is 1.16 bits per heavy atom. The van der Waals surface area contributed by atoms with Crippen LogP contribution in [-0.4, -0.2) is 29.4 Å². The summed E-state index contributed by atoms with van der Waals surface area (Å²) in [6, 6.07) is 13.6. The first-order chi connectivity index (χ1) is 17.7. The minimum absolute atomic E-state index is 0.0530. The van der Waals surface area contributed by atoms with E-state index in [1.54, 1.807) is 37.3 Å². The summed E-state index contributed by atoms with van der Waals surface area (Å²) in [5, 5.41) is 11.4. The van der Waals surface area contributed by atoms with Crippen LogP contribution >= 0.6 is 39.1 Å². The predicted molar refractivity (Wildman–Crippen MR) is 140 cm³/mol. The molecule has 3 aromatic rings. The smallest absolute Gasteiger partial charge is 0.363 e. The number of carbonyl (C=O) groups excluding carboxylic acids is 2. The largest absolute Gasteiger partial charge is 0.490 e. The number of carbonyl (C=O) groups is 2. The fourth-order valence-corrected chi connectivity index (χ4v) is 4.22. The molecule has 0 radical (unpaired) electrons. The monoisotopic (exact) mass is 604 g/mol. The number of hydrogen-bond donors (Lipinski definition) is 0. The Kier molecular flexibility index (Phi) is 7.91. The van der Waals surface area contributed by atoms with Crippen molar-refractivity contribution in [1.82, 2.24) is 0 Å². The van der Waals surface area contributed by atoms with Crippen molar-refractivity contribution in [3.8, 4) is 11.5 Å². The van der Waals surface area contributed by atoms with E-state index in [-0.39, 0.29) is 56.6 Å². The molecule has 0 unspecified atom stereocenters. The molecule has 0 fully saturated rings. The first-order valence-corrected chi connectivity index (χ1v) is 12.1. The minimum Gasteiger partial charge on any atom is -0.490 e. The van der Waals surface area contributed by atoms with Gasteiger partial charge in [0.05, 0.1) is 26.6 Å². The topological polar surface area (TPSA) is 117 Å². The van der Waals surface area contributed by atoms with E-state index in [0.717, 1.165) is 0 Å². The summed E-state index contributed by atoms with van der Waals surface area (Å²) < 4.78 is 16.8. The van der Waals surface area contributed by atoms with Crippen molar-refractivity contribution >= 4 is 68.7 Å². The molecule has 1 aliphatic rings. The van der Waals surface area contributed by atoms with Crippen LogP contribution in [0.4, 0.5) is 5.69 Å². The van der Waals surface area contributed by atoms with E-state index in [4.69, 9.17) is 37.4 Å². The normalized spacial score (nSPS) is 13.8. The highest BCUT2D eigenvalue weighted by molar-refractivity contribution is 9.10. The Balaban J connectivity index is 1.67. The maximum atomic E-state index is 12.7. The fourth-order valence-electron chi connectivity index (χ4n) is 3.28. The van der Waals surface area contributed by atoms with E-state index in [9.17, 15) is 19.7 Å². The quantitative estimate of drug-likeness (QED) is 0.0975. The van der Waals surface area contributed by atoms with Crippen LogP contribution in [0.3, 0.4) is 0 Å². The van der Waals surface area contributed by atoms with Gasteiger partial charge in [-0.1, -0.05) is 35.3 Å². The van der Waals surface area contributed by atoms with Crippen molar-refractivity contribution < 1.29 is 28.7 Å². The van der Waals surface area contributed by atoms with Gasteiger partial charge in [0.2, 0.25) is 5.90 Å². The second-order valence-corrected chi connectivity index (χ2v) is 9.06. The number of nitrogens with zero attached hydrogens (tertiary/aromatic N) is 2. The number of cyclic esters (lactones) is 1. The summed E-state index contributed by atoms with van der Waals surface area (Å²) in [5.41, 5.74) is 0.478. The highest BCUT2D eigenvalue weighted by Gasteiger charge is 2.27. The first kappa shape index (κ1) is 26.3. The van der Waals surface area contributed by atoms with Gasteiger partial charge in [0.1, 0.15) is 5.02 Å². The van der Waals surface area contributed by atoms with E-state index in [1.807, 2.05) is 0 Å². The second-order valence-electron chi connectivity index (χ2n) is 7.39.